The molecule has 0 saturated carbocycles. The number of esters is 2. The highest BCUT2D eigenvalue weighted by molar-refractivity contribution is 5.85. The molecule has 4 nitrogen and oxygen atoms in total. The van der Waals surface area contributed by atoms with Crippen LogP contribution in [0.1, 0.15) is 13.8 Å². The zero-order chi connectivity index (χ0) is 13.4. The minimum atomic E-state index is -0.477. The number of benzene rings is 1. The minimum Gasteiger partial charge on any atom is -0.423 e. The molecule has 0 heterocycles. The summed E-state index contributed by atoms with van der Waals surface area (Å²) in [5, 5.41) is 0. The van der Waals surface area contributed by atoms with Crippen molar-refractivity contribution in [2.75, 3.05) is 0 Å². The molecule has 0 amide bonds. The highest BCUT2D eigenvalue weighted by atomic mass is 16.5. The average Bonchev–Trinajstić information content (AvgIpc) is 2.29. The van der Waals surface area contributed by atoms with Crippen LogP contribution in [0.5, 0.6) is 11.5 Å². The summed E-state index contributed by atoms with van der Waals surface area (Å²) in [4.78, 5) is 22.4. The third-order valence-corrected chi connectivity index (χ3v) is 1.85. The summed E-state index contributed by atoms with van der Waals surface area (Å²) in [7, 11) is 0. The first-order valence-corrected chi connectivity index (χ1v) is 5.44. The van der Waals surface area contributed by atoms with Crippen molar-refractivity contribution in [3.8, 4) is 11.5 Å². The highest BCUT2D eigenvalue weighted by Crippen LogP contribution is 2.19. The number of hydrogen-bond donors (Lipinski definition) is 0. The van der Waals surface area contributed by atoms with E-state index in [1.165, 1.54) is 18.2 Å². The molecular weight excluding hydrogens is 232 g/mol. The molecule has 4 heteroatoms. The first kappa shape index (κ1) is 13.7. The lowest BCUT2D eigenvalue weighted by Crippen LogP contribution is -2.05. The third kappa shape index (κ3) is 4.65. The van der Waals surface area contributed by atoms with Crippen LogP contribution in [0, 0.1) is 0 Å². The topological polar surface area (TPSA) is 52.6 Å². The first-order valence-electron chi connectivity index (χ1n) is 5.44. The second-order valence-electron chi connectivity index (χ2n) is 3.32. The van der Waals surface area contributed by atoms with E-state index in [1.54, 1.807) is 44.2 Å². The van der Waals surface area contributed by atoms with Gasteiger partial charge in [0.1, 0.15) is 11.5 Å². The first-order chi connectivity index (χ1) is 8.65. The summed E-state index contributed by atoms with van der Waals surface area (Å²) in [6, 6.07) is 6.32. The maximum absolute atomic E-state index is 11.2. The lowest BCUT2D eigenvalue weighted by Gasteiger charge is -2.04. The van der Waals surface area contributed by atoms with Gasteiger partial charge in [-0.2, -0.15) is 0 Å². The number of allylic oxidation sites excluding steroid dienone is 2. The lowest BCUT2D eigenvalue weighted by molar-refractivity contribution is -0.129. The Balaban J connectivity index is 2.73. The van der Waals surface area contributed by atoms with E-state index in [0.29, 0.717) is 11.5 Å². The van der Waals surface area contributed by atoms with E-state index in [9.17, 15) is 9.59 Å². The van der Waals surface area contributed by atoms with Crippen LogP contribution in [0.2, 0.25) is 0 Å². The zero-order valence-electron chi connectivity index (χ0n) is 10.3. The van der Waals surface area contributed by atoms with Crippen molar-refractivity contribution in [1.29, 1.82) is 0 Å². The lowest BCUT2D eigenvalue weighted by atomic mass is 10.3. The van der Waals surface area contributed by atoms with E-state index in [4.69, 9.17) is 9.47 Å². The Hall–Kier alpha value is -2.36. The Morgan fingerprint density at radius 2 is 1.39 bits per heavy atom. The van der Waals surface area contributed by atoms with Crippen molar-refractivity contribution >= 4 is 11.9 Å². The van der Waals surface area contributed by atoms with Gasteiger partial charge in [0.2, 0.25) is 0 Å². The van der Waals surface area contributed by atoms with E-state index in [0.717, 1.165) is 0 Å². The number of carbonyl (C=O) groups is 2. The number of rotatable bonds is 4. The molecule has 0 N–H and O–H groups in total. The Labute approximate surface area is 106 Å². The van der Waals surface area contributed by atoms with E-state index in [2.05, 4.69) is 0 Å². The molecule has 0 aliphatic rings. The van der Waals surface area contributed by atoms with Crippen molar-refractivity contribution in [3.63, 3.8) is 0 Å². The molecule has 1 aromatic carbocycles. The van der Waals surface area contributed by atoms with Crippen molar-refractivity contribution in [3.05, 3.63) is 48.6 Å². The number of carbonyl (C=O) groups excluding carboxylic acids is 2. The summed E-state index contributed by atoms with van der Waals surface area (Å²) >= 11 is 0. The molecule has 0 spiro atoms. The molecule has 0 aromatic heterocycles. The van der Waals surface area contributed by atoms with Gasteiger partial charge in [0.25, 0.3) is 0 Å². The molecule has 0 aliphatic heterocycles. The fourth-order valence-corrected chi connectivity index (χ4v) is 1.17. The van der Waals surface area contributed by atoms with Gasteiger partial charge in [0.05, 0.1) is 0 Å². The maximum atomic E-state index is 11.2. The second-order valence-corrected chi connectivity index (χ2v) is 3.32. The summed E-state index contributed by atoms with van der Waals surface area (Å²) in [6.45, 7) is 3.44. The summed E-state index contributed by atoms with van der Waals surface area (Å²) in [5.74, 6) is -0.309. The SMILES string of the molecule is CC=CC(=O)Oc1cccc(OC(=O)C=CC)c1. The van der Waals surface area contributed by atoms with Gasteiger partial charge in [0, 0.05) is 18.2 Å². The van der Waals surface area contributed by atoms with Crippen LogP contribution in [-0.2, 0) is 9.59 Å². The monoisotopic (exact) mass is 246 g/mol. The Kier molecular flexibility index (Phi) is 5.38. The predicted molar refractivity (Wildman–Crippen MR) is 67.3 cm³/mol. The smallest absolute Gasteiger partial charge is 0.335 e. The highest BCUT2D eigenvalue weighted by Gasteiger charge is 2.04. The Morgan fingerprint density at radius 1 is 0.944 bits per heavy atom. The zero-order valence-corrected chi connectivity index (χ0v) is 10.3. The van der Waals surface area contributed by atoms with Crippen molar-refractivity contribution in [2.24, 2.45) is 0 Å². The van der Waals surface area contributed by atoms with Gasteiger partial charge >= 0.3 is 11.9 Å². The molecule has 1 rings (SSSR count). The molecule has 1 aromatic rings. The molecule has 0 bridgehead atoms. The molecule has 0 saturated heterocycles. The molecule has 0 unspecified atom stereocenters. The van der Waals surface area contributed by atoms with Crippen molar-refractivity contribution < 1.29 is 19.1 Å². The van der Waals surface area contributed by atoms with Crippen molar-refractivity contribution in [2.45, 2.75) is 13.8 Å². The predicted octanol–water partition coefficient (Wildman–Crippen LogP) is 2.65. The van der Waals surface area contributed by atoms with Crippen LogP contribution in [0.25, 0.3) is 0 Å². The maximum Gasteiger partial charge on any atom is 0.335 e. The molecule has 94 valence electrons. The molecular formula is C14H14O4. The quantitative estimate of drug-likeness (QED) is 0.465. The Morgan fingerprint density at radius 3 is 1.78 bits per heavy atom. The third-order valence-electron chi connectivity index (χ3n) is 1.85. The van der Waals surface area contributed by atoms with Gasteiger partial charge in [-0.15, -0.1) is 0 Å². The Bertz CT molecular complexity index is 445. The van der Waals surface area contributed by atoms with E-state index in [-0.39, 0.29) is 0 Å². The molecule has 0 aliphatic carbocycles. The average molecular weight is 246 g/mol. The van der Waals surface area contributed by atoms with Gasteiger partial charge in [0.15, 0.2) is 0 Å². The number of hydrogen-bond acceptors (Lipinski definition) is 4. The minimum absolute atomic E-state index is 0.323. The molecule has 0 radical (unpaired) electrons. The van der Waals surface area contributed by atoms with E-state index < -0.39 is 11.9 Å². The normalized spacial score (nSPS) is 10.8. The second kappa shape index (κ2) is 7.06. The molecule has 0 atom stereocenters. The van der Waals surface area contributed by atoms with Gasteiger partial charge in [-0.05, 0) is 26.0 Å². The van der Waals surface area contributed by atoms with Crippen LogP contribution in [0.15, 0.2) is 48.6 Å². The van der Waals surface area contributed by atoms with E-state index >= 15 is 0 Å². The molecule has 0 fully saturated rings. The fraction of sp³-hybridized carbons (Fsp3) is 0.143. The van der Waals surface area contributed by atoms with Crippen LogP contribution in [-0.4, -0.2) is 11.9 Å². The van der Waals surface area contributed by atoms with Gasteiger partial charge in [-0.1, -0.05) is 18.2 Å². The summed E-state index contributed by atoms with van der Waals surface area (Å²) in [6.07, 6.45) is 5.77. The van der Waals surface area contributed by atoms with Gasteiger partial charge < -0.3 is 9.47 Å². The number of ether oxygens (including phenoxy) is 2. The van der Waals surface area contributed by atoms with Crippen molar-refractivity contribution in [1.82, 2.24) is 0 Å². The van der Waals surface area contributed by atoms with Gasteiger partial charge in [-0.3, -0.25) is 0 Å². The standard InChI is InChI=1S/C14H14O4/c1-3-6-13(15)17-11-8-5-9-12(10-11)18-14(16)7-4-2/h3-10H,1-2H3. The van der Waals surface area contributed by atoms with Crippen LogP contribution >= 0.6 is 0 Å². The van der Waals surface area contributed by atoms with Gasteiger partial charge in [-0.25, -0.2) is 9.59 Å². The fourth-order valence-electron chi connectivity index (χ4n) is 1.17. The van der Waals surface area contributed by atoms with Crippen LogP contribution in [0.4, 0.5) is 0 Å². The molecule has 18 heavy (non-hydrogen) atoms. The van der Waals surface area contributed by atoms with E-state index in [1.807, 2.05) is 0 Å². The largest absolute Gasteiger partial charge is 0.423 e. The van der Waals surface area contributed by atoms with Crippen LogP contribution < -0.4 is 9.47 Å². The van der Waals surface area contributed by atoms with Crippen LogP contribution in [0.3, 0.4) is 0 Å². The summed E-state index contributed by atoms with van der Waals surface area (Å²) in [5.41, 5.74) is 0. The summed E-state index contributed by atoms with van der Waals surface area (Å²) < 4.78 is 10.0.